The second-order valence-electron chi connectivity index (χ2n) is 16.2. The smallest absolute Gasteiger partial charge is 0.202 e. The number of hydrogen-bond acceptors (Lipinski definition) is 12. The van der Waals surface area contributed by atoms with E-state index in [0.717, 1.165) is 38.5 Å². The van der Waals surface area contributed by atoms with Gasteiger partial charge in [0, 0.05) is 48.5 Å². The van der Waals surface area contributed by atoms with Crippen LogP contribution in [0.3, 0.4) is 0 Å². The normalized spacial score (nSPS) is 24.1. The minimum atomic E-state index is -2.22. The predicted molar refractivity (Wildman–Crippen MR) is 229 cm³/mol. The average Bonchev–Trinajstić information content (AvgIpc) is 3.22. The number of nitrogens with one attached hydrogen (secondary N) is 1. The molecule has 14 nitrogen and oxygen atoms in total. The quantitative estimate of drug-likeness (QED) is 0.0224. The number of rotatable bonds is 21. The van der Waals surface area contributed by atoms with Gasteiger partial charge in [-0.2, -0.15) is 0 Å². The number of nitrogens with two attached hydrogens (primary N) is 2. The van der Waals surface area contributed by atoms with Crippen molar-refractivity contribution in [2.45, 2.75) is 146 Å². The molecule has 0 spiro atoms. The summed E-state index contributed by atoms with van der Waals surface area (Å²) in [5.41, 5.74) is 8.78. The van der Waals surface area contributed by atoms with Crippen LogP contribution in [0.25, 0.3) is 0 Å². The molecule has 328 valence electrons. The number of fused-ring (bicyclic) bond motifs is 3. The van der Waals surface area contributed by atoms with Crippen molar-refractivity contribution in [2.24, 2.45) is 16.5 Å². The van der Waals surface area contributed by atoms with Gasteiger partial charge in [0.15, 0.2) is 23.8 Å². The molecular formula is C46H64N4O10. The van der Waals surface area contributed by atoms with E-state index in [2.05, 4.69) is 41.5 Å². The molecule has 0 radical (unpaired) electrons. The Bertz CT molecular complexity index is 1920. The van der Waals surface area contributed by atoms with Gasteiger partial charge in [0.2, 0.25) is 5.78 Å². The molecule has 0 aromatic heterocycles. The van der Waals surface area contributed by atoms with Gasteiger partial charge >= 0.3 is 0 Å². The number of methoxy groups -OCH3 is 1. The molecule has 14 heteroatoms. The highest BCUT2D eigenvalue weighted by molar-refractivity contribution is 6.31. The molecule has 1 saturated heterocycles. The number of aliphatic hydroxyl groups is 2. The second kappa shape index (κ2) is 21.8. The van der Waals surface area contributed by atoms with E-state index in [1.54, 1.807) is 6.92 Å². The number of benzene rings is 2. The van der Waals surface area contributed by atoms with Gasteiger partial charge in [-0.15, -0.1) is 0 Å². The zero-order valence-corrected chi connectivity index (χ0v) is 35.3. The molecule has 9 N–H and O–H groups in total. The number of nitrogens with zero attached hydrogens (tertiary/aromatic N) is 1. The van der Waals surface area contributed by atoms with Crippen LogP contribution in [-0.2, 0) is 20.7 Å². The van der Waals surface area contributed by atoms with Crippen molar-refractivity contribution in [3.63, 3.8) is 0 Å². The fraction of sp³-hybridized carbons (Fsp3) is 0.565. The number of carbonyl (C=O) groups excluding carboxylic acids is 3. The lowest BCUT2D eigenvalue weighted by atomic mass is 9.71. The van der Waals surface area contributed by atoms with Crippen LogP contribution >= 0.6 is 0 Å². The van der Waals surface area contributed by atoms with Crippen molar-refractivity contribution in [1.82, 2.24) is 5.32 Å². The number of phenols is 2. The predicted octanol–water partition coefficient (Wildman–Crippen LogP) is 5.73. The van der Waals surface area contributed by atoms with Crippen LogP contribution in [0.2, 0.25) is 0 Å². The minimum Gasteiger partial charge on any atom is -0.507 e. The molecule has 2 aromatic carbocycles. The number of aliphatic hydroxyl groups excluding tert-OH is 1. The molecule has 2 aliphatic carbocycles. The zero-order valence-electron chi connectivity index (χ0n) is 35.3. The van der Waals surface area contributed by atoms with Crippen LogP contribution in [0, 0.1) is 0 Å². The summed E-state index contributed by atoms with van der Waals surface area (Å²) in [6, 6.07) is 3.70. The number of carbonyl (C=O) groups is 3. The number of phenolic OH excluding ortho intramolecular Hbond substituents is 2. The van der Waals surface area contributed by atoms with Crippen LogP contribution in [0.4, 0.5) is 0 Å². The lowest BCUT2D eigenvalue weighted by molar-refractivity contribution is -0.247. The third-order valence-corrected chi connectivity index (χ3v) is 11.7. The van der Waals surface area contributed by atoms with E-state index < -0.39 is 95.6 Å². The third-order valence-electron chi connectivity index (χ3n) is 11.7. The maximum absolute atomic E-state index is 14.0. The summed E-state index contributed by atoms with van der Waals surface area (Å²) < 4.78 is 17.5. The topological polar surface area (TPSA) is 236 Å². The van der Waals surface area contributed by atoms with E-state index in [1.165, 1.54) is 63.8 Å². The highest BCUT2D eigenvalue weighted by atomic mass is 16.7. The van der Waals surface area contributed by atoms with Gasteiger partial charge in [0.05, 0.1) is 42.1 Å². The summed E-state index contributed by atoms with van der Waals surface area (Å²) >= 11 is 0. The van der Waals surface area contributed by atoms with Crippen molar-refractivity contribution < 1.29 is 49.0 Å². The molecule has 1 heterocycles. The summed E-state index contributed by atoms with van der Waals surface area (Å²) in [5.74, 6) is -3.44. The van der Waals surface area contributed by atoms with Crippen molar-refractivity contribution in [2.75, 3.05) is 20.2 Å². The van der Waals surface area contributed by atoms with Gasteiger partial charge in [0.25, 0.3) is 0 Å². The number of unbranched alkanes of at least 4 members (excludes halogenated alkanes) is 9. The highest BCUT2D eigenvalue weighted by Crippen LogP contribution is 2.52. The largest absolute Gasteiger partial charge is 0.507 e. The molecule has 0 saturated carbocycles. The molecule has 2 aromatic rings. The van der Waals surface area contributed by atoms with Crippen molar-refractivity contribution >= 4 is 23.3 Å². The Morgan fingerprint density at radius 3 is 2.32 bits per heavy atom. The zero-order chi connectivity index (χ0) is 43.4. The fourth-order valence-corrected chi connectivity index (χ4v) is 8.29. The first-order valence-electron chi connectivity index (χ1n) is 21.5. The molecule has 1 aliphatic heterocycles. The molecule has 6 atom stereocenters. The first-order chi connectivity index (χ1) is 28.8. The number of Topliss-reactive ketones (excluding diaryl/α,β-unsaturated/α-hetero) is 1. The van der Waals surface area contributed by atoms with E-state index in [1.807, 2.05) is 0 Å². The van der Waals surface area contributed by atoms with Crippen LogP contribution in [0.1, 0.15) is 153 Å². The van der Waals surface area contributed by atoms with Crippen LogP contribution in [-0.4, -0.2) is 94.1 Å². The standard InChI is InChI=1S/C46H64N4O10/c1-4-5-6-7-8-9-10-11-12-13-14-15-16-17-18-19-23-49-45(48)50-27-34(51)46(57)25-30-37(33(26-46)60-35-24-31(47)40(52)28(2)59-35)44(56)39-38(42(30)54)41(53)29-21-20-22-32(58-3)36(29)43(39)55/h8-9,11-12,20-22,28,31,33,35,40,52,54,56-57H,4-7,10,13-19,23-27,47H2,1-3H3,(H3,48,49,50)/b9-8-,12-11-/t28-,31-,33?,35-,40+,46-/m0/s1. The van der Waals surface area contributed by atoms with E-state index in [-0.39, 0.29) is 40.4 Å². The monoisotopic (exact) mass is 832 g/mol. The summed E-state index contributed by atoms with van der Waals surface area (Å²) in [7, 11) is 1.34. The minimum absolute atomic E-state index is 0.0189. The number of aliphatic imine (C=N–C) groups is 1. The van der Waals surface area contributed by atoms with Gasteiger partial charge in [0.1, 0.15) is 29.4 Å². The number of aromatic hydroxyl groups is 2. The molecule has 0 bridgehead atoms. The van der Waals surface area contributed by atoms with Gasteiger partial charge in [-0.25, -0.2) is 4.99 Å². The Kier molecular flexibility index (Phi) is 16.9. The first kappa shape index (κ1) is 46.5. The Morgan fingerprint density at radius 1 is 0.967 bits per heavy atom. The van der Waals surface area contributed by atoms with Gasteiger partial charge in [-0.05, 0) is 51.5 Å². The average molecular weight is 833 g/mol. The Hall–Kier alpha value is -4.60. The lowest BCUT2D eigenvalue weighted by Crippen LogP contribution is -2.53. The summed E-state index contributed by atoms with van der Waals surface area (Å²) in [5, 5.41) is 49.0. The van der Waals surface area contributed by atoms with Crippen LogP contribution in [0.5, 0.6) is 17.2 Å². The molecule has 1 unspecified atom stereocenters. The van der Waals surface area contributed by atoms with E-state index in [4.69, 9.17) is 25.7 Å². The van der Waals surface area contributed by atoms with Crippen molar-refractivity contribution in [3.05, 3.63) is 75.9 Å². The number of ether oxygens (including phenoxy) is 3. The summed E-state index contributed by atoms with van der Waals surface area (Å²) in [6.45, 7) is 3.87. The fourth-order valence-electron chi connectivity index (χ4n) is 8.29. The van der Waals surface area contributed by atoms with Crippen molar-refractivity contribution in [1.29, 1.82) is 0 Å². The molecule has 60 heavy (non-hydrogen) atoms. The maximum atomic E-state index is 14.0. The van der Waals surface area contributed by atoms with Crippen LogP contribution < -0.4 is 21.5 Å². The van der Waals surface area contributed by atoms with E-state index >= 15 is 0 Å². The first-order valence-corrected chi connectivity index (χ1v) is 21.5. The number of guanidine groups is 1. The van der Waals surface area contributed by atoms with Gasteiger partial charge in [-0.1, -0.05) is 81.9 Å². The lowest BCUT2D eigenvalue weighted by Gasteiger charge is -2.42. The second-order valence-corrected chi connectivity index (χ2v) is 16.2. The summed E-state index contributed by atoms with van der Waals surface area (Å²) in [6.07, 6.45) is 17.5. The van der Waals surface area contributed by atoms with E-state index in [0.29, 0.717) is 6.54 Å². The van der Waals surface area contributed by atoms with Gasteiger partial charge in [-0.3, -0.25) is 14.4 Å². The van der Waals surface area contributed by atoms with E-state index in [9.17, 15) is 34.8 Å². The molecule has 3 aliphatic rings. The maximum Gasteiger partial charge on any atom is 0.202 e. The number of ketones is 3. The summed E-state index contributed by atoms with van der Waals surface area (Å²) in [4.78, 5) is 45.9. The molecule has 5 rings (SSSR count). The number of hydrogen-bond donors (Lipinski definition) is 7. The van der Waals surface area contributed by atoms with Crippen LogP contribution in [0.15, 0.2) is 47.5 Å². The molecule has 0 amide bonds. The Balaban J connectivity index is 1.21. The Morgan fingerprint density at radius 2 is 1.63 bits per heavy atom. The molecule has 1 fully saturated rings. The van der Waals surface area contributed by atoms with Gasteiger partial charge < -0.3 is 51.4 Å². The molecular weight excluding hydrogens is 769 g/mol. The third kappa shape index (κ3) is 11.0. The SMILES string of the molecule is CCCCC/C=C\C/C=C\CCCCCCCCNC(N)=NCC(=O)[C@]1(O)Cc2c(O)c3c(c(O)c2C(O[C@H]2C[C@H](N)[C@H](O)[C@H](C)O2)C1)C(=O)c1c(OC)cccc1C3=O. The van der Waals surface area contributed by atoms with Crippen molar-refractivity contribution in [3.8, 4) is 17.2 Å². The number of allylic oxidation sites excluding steroid dienone is 4. The Labute approximate surface area is 353 Å². The highest BCUT2D eigenvalue weighted by Gasteiger charge is 2.50.